The predicted molar refractivity (Wildman–Crippen MR) is 81.9 cm³/mol. The molecule has 2 rings (SSSR count). The molecule has 0 bridgehead atoms. The maximum Gasteiger partial charge on any atom is 0.124 e. The third-order valence-corrected chi connectivity index (χ3v) is 4.14. The second-order valence-corrected chi connectivity index (χ2v) is 5.39. The molecule has 0 aliphatic carbocycles. The zero-order chi connectivity index (χ0) is 13.8. The van der Waals surface area contributed by atoms with Gasteiger partial charge in [0.1, 0.15) is 5.82 Å². The summed E-state index contributed by atoms with van der Waals surface area (Å²) in [5.41, 5.74) is 6.78. The predicted octanol–water partition coefficient (Wildman–Crippen LogP) is 2.84. The van der Waals surface area contributed by atoms with Crippen molar-refractivity contribution in [2.75, 3.05) is 20.2 Å². The molecule has 0 saturated carbocycles. The van der Waals surface area contributed by atoms with Gasteiger partial charge in [0, 0.05) is 37.8 Å². The summed E-state index contributed by atoms with van der Waals surface area (Å²) < 4.78 is 18.4. The zero-order valence-electron chi connectivity index (χ0n) is 11.5. The van der Waals surface area contributed by atoms with Gasteiger partial charge in [-0.1, -0.05) is 17.7 Å². The minimum Gasteiger partial charge on any atom is -0.381 e. The van der Waals surface area contributed by atoms with Crippen LogP contribution in [-0.4, -0.2) is 37.2 Å². The summed E-state index contributed by atoms with van der Waals surface area (Å²) in [5, 5.41) is 0.477. The highest BCUT2D eigenvalue weighted by Gasteiger charge is 2.27. The van der Waals surface area contributed by atoms with Gasteiger partial charge in [0.2, 0.25) is 0 Å². The van der Waals surface area contributed by atoms with Crippen LogP contribution >= 0.6 is 24.0 Å². The number of likely N-dealkylation sites (tertiary alicyclic amines) is 1. The topological polar surface area (TPSA) is 38.5 Å². The molecule has 1 aromatic rings. The Bertz CT molecular complexity index is 434. The molecule has 2 N–H and O–H groups in total. The van der Waals surface area contributed by atoms with E-state index < -0.39 is 0 Å². The van der Waals surface area contributed by atoms with Gasteiger partial charge in [-0.25, -0.2) is 4.39 Å². The molecule has 1 aliphatic rings. The van der Waals surface area contributed by atoms with E-state index in [2.05, 4.69) is 4.90 Å². The highest BCUT2D eigenvalue weighted by atomic mass is 35.5. The quantitative estimate of drug-likeness (QED) is 0.926. The minimum absolute atomic E-state index is 0. The van der Waals surface area contributed by atoms with Crippen LogP contribution in [0.5, 0.6) is 0 Å². The van der Waals surface area contributed by atoms with Crippen molar-refractivity contribution in [3.05, 3.63) is 34.6 Å². The summed E-state index contributed by atoms with van der Waals surface area (Å²) in [5.74, 6) is -0.304. The van der Waals surface area contributed by atoms with Crippen LogP contribution in [-0.2, 0) is 11.3 Å². The first kappa shape index (κ1) is 17.7. The fourth-order valence-electron chi connectivity index (χ4n) is 2.60. The normalized spacial score (nSPS) is 23.4. The van der Waals surface area contributed by atoms with Crippen LogP contribution in [0.3, 0.4) is 0 Å². The van der Waals surface area contributed by atoms with Gasteiger partial charge in [0.05, 0.1) is 6.10 Å². The van der Waals surface area contributed by atoms with Gasteiger partial charge in [-0.3, -0.25) is 4.90 Å². The lowest BCUT2D eigenvalue weighted by Crippen LogP contribution is -2.48. The van der Waals surface area contributed by atoms with Gasteiger partial charge in [0.15, 0.2) is 0 Å². The first-order valence-electron chi connectivity index (χ1n) is 6.55. The summed E-state index contributed by atoms with van der Waals surface area (Å²) in [6.07, 6.45) is 2.21. The van der Waals surface area contributed by atoms with E-state index in [0.29, 0.717) is 24.2 Å². The largest absolute Gasteiger partial charge is 0.381 e. The monoisotopic (exact) mass is 322 g/mol. The Kier molecular flexibility index (Phi) is 7.20. The molecule has 1 heterocycles. The van der Waals surface area contributed by atoms with Crippen molar-refractivity contribution >= 4 is 24.0 Å². The second kappa shape index (κ2) is 8.15. The van der Waals surface area contributed by atoms with E-state index in [-0.39, 0.29) is 24.3 Å². The van der Waals surface area contributed by atoms with E-state index in [1.54, 1.807) is 13.2 Å². The Balaban J connectivity index is 0.00000200. The molecule has 1 aliphatic heterocycles. The average Bonchev–Trinajstić information content (AvgIpc) is 2.42. The van der Waals surface area contributed by atoms with Crippen LogP contribution in [0.1, 0.15) is 18.4 Å². The number of ether oxygens (including phenoxy) is 1. The SMILES string of the molecule is COC1CCN(Cc2ccc(F)cc2Cl)C(CN)C1.Cl. The Morgan fingerprint density at radius 2 is 2.25 bits per heavy atom. The van der Waals surface area contributed by atoms with E-state index in [4.69, 9.17) is 22.1 Å². The van der Waals surface area contributed by atoms with Crippen molar-refractivity contribution < 1.29 is 9.13 Å². The van der Waals surface area contributed by atoms with Gasteiger partial charge in [0.25, 0.3) is 0 Å². The Morgan fingerprint density at radius 3 is 2.85 bits per heavy atom. The maximum absolute atomic E-state index is 13.0. The zero-order valence-corrected chi connectivity index (χ0v) is 13.1. The highest BCUT2D eigenvalue weighted by molar-refractivity contribution is 6.31. The molecule has 2 unspecified atom stereocenters. The van der Waals surface area contributed by atoms with Crippen molar-refractivity contribution in [2.45, 2.75) is 31.5 Å². The average molecular weight is 323 g/mol. The standard InChI is InChI=1S/C14H20ClFN2O.ClH/c1-19-13-4-5-18(12(7-13)8-17)9-10-2-3-11(16)6-14(10)15;/h2-3,6,12-13H,4-5,7-9,17H2,1H3;1H. The van der Waals surface area contributed by atoms with Crippen molar-refractivity contribution in [3.63, 3.8) is 0 Å². The van der Waals surface area contributed by atoms with E-state index in [0.717, 1.165) is 24.9 Å². The molecular weight excluding hydrogens is 302 g/mol. The van der Waals surface area contributed by atoms with Crippen LogP contribution in [0.25, 0.3) is 0 Å². The van der Waals surface area contributed by atoms with Crippen molar-refractivity contribution in [1.82, 2.24) is 4.90 Å². The molecule has 0 amide bonds. The van der Waals surface area contributed by atoms with Gasteiger partial charge >= 0.3 is 0 Å². The molecule has 20 heavy (non-hydrogen) atoms. The number of halogens is 3. The molecular formula is C14H21Cl2FN2O. The second-order valence-electron chi connectivity index (χ2n) is 4.98. The molecule has 1 aromatic carbocycles. The molecule has 3 nitrogen and oxygen atoms in total. The van der Waals surface area contributed by atoms with Crippen molar-refractivity contribution in [3.8, 4) is 0 Å². The highest BCUT2D eigenvalue weighted by Crippen LogP contribution is 2.24. The number of piperidine rings is 1. The van der Waals surface area contributed by atoms with Crippen LogP contribution in [0, 0.1) is 5.82 Å². The van der Waals surface area contributed by atoms with Crippen molar-refractivity contribution in [1.29, 1.82) is 0 Å². The summed E-state index contributed by atoms with van der Waals surface area (Å²) in [6, 6.07) is 4.84. The Hall–Kier alpha value is -0.390. The van der Waals surface area contributed by atoms with Gasteiger partial charge in [-0.2, -0.15) is 0 Å². The molecule has 0 radical (unpaired) electrons. The number of benzene rings is 1. The number of methoxy groups -OCH3 is 1. The van der Waals surface area contributed by atoms with Crippen LogP contribution in [0.15, 0.2) is 18.2 Å². The molecule has 2 atom stereocenters. The first-order chi connectivity index (χ1) is 9.13. The molecule has 6 heteroatoms. The summed E-state index contributed by atoms with van der Waals surface area (Å²) in [6.45, 7) is 2.23. The number of nitrogens with two attached hydrogens (primary N) is 1. The molecule has 114 valence electrons. The number of rotatable bonds is 4. The lowest BCUT2D eigenvalue weighted by molar-refractivity contribution is 0.0102. The van der Waals surface area contributed by atoms with Gasteiger partial charge in [-0.05, 0) is 30.5 Å². The summed E-state index contributed by atoms with van der Waals surface area (Å²) in [7, 11) is 1.74. The number of hydrogen-bond acceptors (Lipinski definition) is 3. The first-order valence-corrected chi connectivity index (χ1v) is 6.92. The lowest BCUT2D eigenvalue weighted by Gasteiger charge is -2.38. The fraction of sp³-hybridized carbons (Fsp3) is 0.571. The third kappa shape index (κ3) is 4.30. The van der Waals surface area contributed by atoms with Gasteiger partial charge < -0.3 is 10.5 Å². The fourth-order valence-corrected chi connectivity index (χ4v) is 2.83. The van der Waals surface area contributed by atoms with E-state index in [1.807, 2.05) is 0 Å². The van der Waals surface area contributed by atoms with Crippen LogP contribution in [0.2, 0.25) is 5.02 Å². The molecule has 1 fully saturated rings. The minimum atomic E-state index is -0.304. The molecule has 1 saturated heterocycles. The smallest absolute Gasteiger partial charge is 0.124 e. The lowest BCUT2D eigenvalue weighted by atomic mass is 9.98. The molecule has 0 aromatic heterocycles. The van der Waals surface area contributed by atoms with E-state index in [1.165, 1.54) is 12.1 Å². The van der Waals surface area contributed by atoms with Crippen molar-refractivity contribution in [2.24, 2.45) is 5.73 Å². The summed E-state index contributed by atoms with van der Waals surface area (Å²) >= 11 is 6.07. The van der Waals surface area contributed by atoms with Gasteiger partial charge in [-0.15, -0.1) is 12.4 Å². The van der Waals surface area contributed by atoms with E-state index in [9.17, 15) is 4.39 Å². The Labute approximate surface area is 130 Å². The van der Waals surface area contributed by atoms with Crippen LogP contribution in [0.4, 0.5) is 4.39 Å². The summed E-state index contributed by atoms with van der Waals surface area (Å²) in [4.78, 5) is 2.30. The van der Waals surface area contributed by atoms with Crippen LogP contribution < -0.4 is 5.73 Å². The number of hydrogen-bond donors (Lipinski definition) is 1. The Morgan fingerprint density at radius 1 is 1.50 bits per heavy atom. The maximum atomic E-state index is 13.0. The van der Waals surface area contributed by atoms with E-state index >= 15 is 0 Å². The third-order valence-electron chi connectivity index (χ3n) is 3.78. The molecule has 0 spiro atoms. The number of nitrogens with zero attached hydrogens (tertiary/aromatic N) is 1.